The second-order valence-corrected chi connectivity index (χ2v) is 6.79. The highest BCUT2D eigenvalue weighted by atomic mass is 16.5. The number of aromatic nitrogens is 2. The number of amides is 1. The summed E-state index contributed by atoms with van der Waals surface area (Å²) in [5, 5.41) is 2.98. The molecular formula is C21H23N3O2. The van der Waals surface area contributed by atoms with Gasteiger partial charge in [-0.2, -0.15) is 0 Å². The zero-order valence-electron chi connectivity index (χ0n) is 14.7. The van der Waals surface area contributed by atoms with Crippen LogP contribution in [-0.4, -0.2) is 28.2 Å². The van der Waals surface area contributed by atoms with Crippen molar-refractivity contribution < 1.29 is 9.53 Å². The van der Waals surface area contributed by atoms with Crippen LogP contribution in [0.5, 0.6) is 0 Å². The highest BCUT2D eigenvalue weighted by Gasteiger charge is 2.18. The molecule has 0 unspecified atom stereocenters. The summed E-state index contributed by atoms with van der Waals surface area (Å²) >= 11 is 0. The number of imidazole rings is 1. The monoisotopic (exact) mass is 349 g/mol. The van der Waals surface area contributed by atoms with Gasteiger partial charge in [-0.1, -0.05) is 36.4 Å². The third-order valence-electron chi connectivity index (χ3n) is 4.83. The van der Waals surface area contributed by atoms with Crippen LogP contribution in [0.4, 0.5) is 0 Å². The molecule has 5 nitrogen and oxygen atoms in total. The van der Waals surface area contributed by atoms with Crippen molar-refractivity contribution in [2.24, 2.45) is 0 Å². The van der Waals surface area contributed by atoms with Gasteiger partial charge in [0.2, 0.25) is 5.91 Å². The Morgan fingerprint density at radius 2 is 1.96 bits per heavy atom. The van der Waals surface area contributed by atoms with Gasteiger partial charge in [-0.3, -0.25) is 4.79 Å². The first-order valence-electron chi connectivity index (χ1n) is 9.14. The summed E-state index contributed by atoms with van der Waals surface area (Å²) in [7, 11) is 0. The third kappa shape index (κ3) is 3.94. The minimum atomic E-state index is 0.0610. The summed E-state index contributed by atoms with van der Waals surface area (Å²) in [5.74, 6) is 0.0610. The minimum Gasteiger partial charge on any atom is -0.378 e. The van der Waals surface area contributed by atoms with Crippen molar-refractivity contribution in [1.29, 1.82) is 0 Å². The summed E-state index contributed by atoms with van der Waals surface area (Å²) in [6, 6.07) is 16.5. The minimum absolute atomic E-state index is 0.0610. The maximum Gasteiger partial charge on any atom is 0.222 e. The molecule has 5 heteroatoms. The molecule has 134 valence electrons. The predicted molar refractivity (Wildman–Crippen MR) is 101 cm³/mol. The van der Waals surface area contributed by atoms with E-state index >= 15 is 0 Å². The van der Waals surface area contributed by atoms with Crippen LogP contribution in [0.3, 0.4) is 0 Å². The van der Waals surface area contributed by atoms with Gasteiger partial charge in [0.25, 0.3) is 0 Å². The number of hydrogen-bond donors (Lipinski definition) is 1. The summed E-state index contributed by atoms with van der Waals surface area (Å²) in [4.78, 5) is 16.4. The number of carbonyl (C=O) groups is 1. The molecule has 1 atom stereocenters. The maximum absolute atomic E-state index is 12.0. The highest BCUT2D eigenvalue weighted by Crippen LogP contribution is 2.16. The first-order chi connectivity index (χ1) is 12.8. The van der Waals surface area contributed by atoms with E-state index < -0.39 is 0 Å². The van der Waals surface area contributed by atoms with Crippen LogP contribution in [0, 0.1) is 0 Å². The number of fused-ring (bicyclic) bond motifs is 1. The number of para-hydroxylation sites is 2. The smallest absolute Gasteiger partial charge is 0.222 e. The summed E-state index contributed by atoms with van der Waals surface area (Å²) in [6.07, 6.45) is 4.49. The van der Waals surface area contributed by atoms with Crippen molar-refractivity contribution in [2.45, 2.75) is 38.5 Å². The lowest BCUT2D eigenvalue weighted by molar-refractivity contribution is -0.123. The van der Waals surface area contributed by atoms with Gasteiger partial charge in [-0.25, -0.2) is 4.98 Å². The Labute approximate surface area is 153 Å². The van der Waals surface area contributed by atoms with Crippen LogP contribution in [0.25, 0.3) is 11.0 Å². The molecule has 2 heterocycles. The first kappa shape index (κ1) is 16.8. The molecule has 2 aromatic carbocycles. The molecule has 1 amide bonds. The summed E-state index contributed by atoms with van der Waals surface area (Å²) in [6.45, 7) is 2.12. The molecule has 1 aliphatic rings. The number of ether oxygens (including phenoxy) is 1. The quantitative estimate of drug-likeness (QED) is 0.743. The van der Waals surface area contributed by atoms with Crippen LogP contribution in [0.2, 0.25) is 0 Å². The normalized spacial score (nSPS) is 16.8. The number of benzene rings is 2. The number of nitrogens with zero attached hydrogens (tertiary/aromatic N) is 2. The largest absolute Gasteiger partial charge is 0.378 e. The van der Waals surface area contributed by atoms with E-state index in [-0.39, 0.29) is 12.0 Å². The average Bonchev–Trinajstić information content (AvgIpc) is 3.32. The number of nitrogens with one attached hydrogen (secondary N) is 1. The highest BCUT2D eigenvalue weighted by molar-refractivity contribution is 5.76. The Hall–Kier alpha value is -2.66. The molecular weight excluding hydrogens is 326 g/mol. The van der Waals surface area contributed by atoms with Gasteiger partial charge >= 0.3 is 0 Å². The van der Waals surface area contributed by atoms with Gasteiger partial charge in [-0.05, 0) is 36.1 Å². The first-order valence-corrected chi connectivity index (χ1v) is 9.14. The molecule has 0 spiro atoms. The Balaban J connectivity index is 1.32. The molecule has 0 bridgehead atoms. The lowest BCUT2D eigenvalue weighted by Gasteiger charge is -2.10. The van der Waals surface area contributed by atoms with E-state index in [1.165, 1.54) is 5.56 Å². The van der Waals surface area contributed by atoms with Crippen molar-refractivity contribution in [1.82, 2.24) is 14.9 Å². The van der Waals surface area contributed by atoms with Crippen molar-refractivity contribution in [2.75, 3.05) is 6.61 Å². The van der Waals surface area contributed by atoms with E-state index in [9.17, 15) is 4.79 Å². The van der Waals surface area contributed by atoms with E-state index in [0.717, 1.165) is 42.6 Å². The second kappa shape index (κ2) is 7.70. The predicted octanol–water partition coefficient (Wildman–Crippen LogP) is 3.27. The summed E-state index contributed by atoms with van der Waals surface area (Å²) in [5.41, 5.74) is 4.46. The molecule has 1 aromatic heterocycles. The molecule has 1 aliphatic heterocycles. The average molecular weight is 349 g/mol. The van der Waals surface area contributed by atoms with E-state index in [4.69, 9.17) is 4.74 Å². The SMILES string of the molecule is O=C(C[C@@H]1CCCO1)NCc1ccc(Cn2cnc3ccccc32)cc1. The Kier molecular flexibility index (Phi) is 4.97. The summed E-state index contributed by atoms with van der Waals surface area (Å²) < 4.78 is 7.65. The van der Waals surface area contributed by atoms with Gasteiger partial charge in [0.05, 0.1) is 29.9 Å². The van der Waals surface area contributed by atoms with Gasteiger partial charge in [0.15, 0.2) is 0 Å². The van der Waals surface area contributed by atoms with Crippen molar-refractivity contribution in [3.8, 4) is 0 Å². The van der Waals surface area contributed by atoms with Crippen LogP contribution in [0.15, 0.2) is 54.9 Å². The van der Waals surface area contributed by atoms with Crippen molar-refractivity contribution >= 4 is 16.9 Å². The topological polar surface area (TPSA) is 56.1 Å². The fourth-order valence-corrected chi connectivity index (χ4v) is 3.38. The molecule has 4 rings (SSSR count). The molecule has 0 radical (unpaired) electrons. The number of rotatable bonds is 6. The fraction of sp³-hybridized carbons (Fsp3) is 0.333. The fourth-order valence-electron chi connectivity index (χ4n) is 3.38. The van der Waals surface area contributed by atoms with Crippen LogP contribution in [-0.2, 0) is 22.6 Å². The molecule has 1 saturated heterocycles. The van der Waals surface area contributed by atoms with E-state index in [1.54, 1.807) is 0 Å². The Morgan fingerprint density at radius 3 is 2.77 bits per heavy atom. The van der Waals surface area contributed by atoms with Crippen molar-refractivity contribution in [3.05, 3.63) is 66.0 Å². The van der Waals surface area contributed by atoms with Gasteiger partial charge in [0.1, 0.15) is 0 Å². The molecule has 0 saturated carbocycles. The number of hydrogen-bond acceptors (Lipinski definition) is 3. The van der Waals surface area contributed by atoms with Gasteiger partial charge in [0, 0.05) is 19.7 Å². The number of carbonyl (C=O) groups excluding carboxylic acids is 1. The third-order valence-corrected chi connectivity index (χ3v) is 4.83. The second-order valence-electron chi connectivity index (χ2n) is 6.79. The van der Waals surface area contributed by atoms with Gasteiger partial charge < -0.3 is 14.6 Å². The zero-order valence-corrected chi connectivity index (χ0v) is 14.7. The Bertz CT molecular complexity index is 880. The van der Waals surface area contributed by atoms with Crippen molar-refractivity contribution in [3.63, 3.8) is 0 Å². The van der Waals surface area contributed by atoms with E-state index in [2.05, 4.69) is 45.2 Å². The zero-order chi connectivity index (χ0) is 17.8. The molecule has 26 heavy (non-hydrogen) atoms. The van der Waals surface area contributed by atoms with Gasteiger partial charge in [-0.15, -0.1) is 0 Å². The maximum atomic E-state index is 12.0. The molecule has 3 aromatic rings. The van der Waals surface area contributed by atoms with E-state index in [0.29, 0.717) is 13.0 Å². The lowest BCUT2D eigenvalue weighted by Crippen LogP contribution is -2.26. The molecule has 0 aliphatic carbocycles. The lowest BCUT2D eigenvalue weighted by atomic mass is 10.1. The molecule has 1 N–H and O–H groups in total. The standard InChI is InChI=1S/C21H23N3O2/c25-21(12-18-4-3-11-26-18)22-13-16-7-9-17(10-8-16)14-24-15-23-19-5-1-2-6-20(19)24/h1-2,5-10,15,18H,3-4,11-14H2,(H,22,25)/t18-/m0/s1. The Morgan fingerprint density at radius 1 is 1.15 bits per heavy atom. The van der Waals surface area contributed by atoms with Crippen LogP contribution >= 0.6 is 0 Å². The van der Waals surface area contributed by atoms with Crippen LogP contribution in [0.1, 0.15) is 30.4 Å². The molecule has 1 fully saturated rings. The van der Waals surface area contributed by atoms with Crippen LogP contribution < -0.4 is 5.32 Å². The van der Waals surface area contributed by atoms with E-state index in [1.807, 2.05) is 24.5 Å².